The van der Waals surface area contributed by atoms with Crippen molar-refractivity contribution in [3.8, 4) is 0 Å². The Labute approximate surface area is 128 Å². The number of rotatable bonds is 8. The second-order valence-corrected chi connectivity index (χ2v) is 4.98. The minimum atomic E-state index is -5.36. The molecule has 0 spiro atoms. The lowest BCUT2D eigenvalue weighted by Crippen LogP contribution is -2.41. The molecular weight excluding hydrogens is 330 g/mol. The van der Waals surface area contributed by atoms with E-state index in [-0.39, 0.29) is 13.0 Å². The van der Waals surface area contributed by atoms with Gasteiger partial charge in [-0.05, 0) is 18.9 Å². The molecule has 1 unspecified atom stereocenters. The average Bonchev–Trinajstić information content (AvgIpc) is 2.44. The Balaban J connectivity index is 2.86. The molecule has 9 heteroatoms. The highest BCUT2D eigenvalue weighted by molar-refractivity contribution is 5.26. The second-order valence-electron chi connectivity index (χ2n) is 4.98. The molecule has 3 nitrogen and oxygen atoms in total. The zero-order valence-corrected chi connectivity index (χ0v) is 12.3. The summed E-state index contributed by atoms with van der Waals surface area (Å²) in [6.07, 6.45) is -5.08. The van der Waals surface area contributed by atoms with Gasteiger partial charge in [-0.2, -0.15) is 26.3 Å². The van der Waals surface area contributed by atoms with Gasteiger partial charge in [0.2, 0.25) is 0 Å². The lowest BCUT2D eigenvalue weighted by Gasteiger charge is -2.26. The van der Waals surface area contributed by atoms with E-state index < -0.39 is 30.0 Å². The monoisotopic (exact) mass is 346 g/mol. The predicted molar refractivity (Wildman–Crippen MR) is 68.1 cm³/mol. The molecule has 0 saturated carbocycles. The molecular formula is C14H16F6O3. The van der Waals surface area contributed by atoms with Gasteiger partial charge in [-0.3, -0.25) is 4.74 Å². The topological polar surface area (TPSA) is 38.7 Å². The van der Waals surface area contributed by atoms with Gasteiger partial charge in [0.05, 0.1) is 6.61 Å². The average molecular weight is 346 g/mol. The van der Waals surface area contributed by atoms with Crippen molar-refractivity contribution in [1.29, 1.82) is 0 Å². The van der Waals surface area contributed by atoms with Crippen molar-refractivity contribution in [3.63, 3.8) is 0 Å². The highest BCUT2D eigenvalue weighted by Crippen LogP contribution is 2.44. The van der Waals surface area contributed by atoms with Crippen molar-refractivity contribution in [2.45, 2.75) is 51.3 Å². The SMILES string of the molecule is CCC(C)(O)OCc1ccc(C(F)(F)C(F)(F)OC(F)F)cc1. The molecule has 132 valence electrons. The minimum Gasteiger partial charge on any atom is -0.366 e. The summed E-state index contributed by atoms with van der Waals surface area (Å²) in [5.41, 5.74) is -0.856. The smallest absolute Gasteiger partial charge is 0.366 e. The molecule has 0 aromatic heterocycles. The van der Waals surface area contributed by atoms with E-state index in [1.54, 1.807) is 6.92 Å². The van der Waals surface area contributed by atoms with Crippen LogP contribution in [0.25, 0.3) is 0 Å². The largest absolute Gasteiger partial charge is 0.428 e. The first-order chi connectivity index (χ1) is 10.4. The van der Waals surface area contributed by atoms with Crippen LogP contribution in [0.5, 0.6) is 0 Å². The van der Waals surface area contributed by atoms with E-state index in [0.29, 0.717) is 17.7 Å². The molecule has 23 heavy (non-hydrogen) atoms. The lowest BCUT2D eigenvalue weighted by atomic mass is 10.1. The maximum atomic E-state index is 13.6. The van der Waals surface area contributed by atoms with E-state index in [0.717, 1.165) is 12.1 Å². The third-order valence-corrected chi connectivity index (χ3v) is 3.12. The van der Waals surface area contributed by atoms with Gasteiger partial charge in [0, 0.05) is 5.56 Å². The summed E-state index contributed by atoms with van der Waals surface area (Å²) in [4.78, 5) is 0. The van der Waals surface area contributed by atoms with Gasteiger partial charge in [0.25, 0.3) is 0 Å². The summed E-state index contributed by atoms with van der Waals surface area (Å²) in [5, 5.41) is 9.63. The standard InChI is InChI=1S/C14H16F6O3/c1-3-12(2,21)22-8-9-4-6-10(7-5-9)13(17,18)14(19,20)23-11(15)16/h4-7,11,21H,3,8H2,1-2H3. The highest BCUT2D eigenvalue weighted by Gasteiger charge is 2.60. The summed E-state index contributed by atoms with van der Waals surface area (Å²) < 4.78 is 84.8. The quantitative estimate of drug-likeness (QED) is 0.565. The first-order valence-electron chi connectivity index (χ1n) is 6.58. The van der Waals surface area contributed by atoms with Crippen LogP contribution >= 0.6 is 0 Å². The normalized spacial score (nSPS) is 15.7. The van der Waals surface area contributed by atoms with Crippen molar-refractivity contribution in [3.05, 3.63) is 35.4 Å². The van der Waals surface area contributed by atoms with E-state index in [1.165, 1.54) is 6.92 Å². The van der Waals surface area contributed by atoms with Gasteiger partial charge in [-0.25, -0.2) is 0 Å². The molecule has 0 saturated heterocycles. The fourth-order valence-electron chi connectivity index (χ4n) is 1.51. The number of hydrogen-bond acceptors (Lipinski definition) is 3. The molecule has 1 N–H and O–H groups in total. The zero-order valence-electron chi connectivity index (χ0n) is 12.3. The Morgan fingerprint density at radius 2 is 1.61 bits per heavy atom. The van der Waals surface area contributed by atoms with Gasteiger partial charge in [0.1, 0.15) is 0 Å². The number of ether oxygens (including phenoxy) is 2. The van der Waals surface area contributed by atoms with Crippen LogP contribution in [-0.4, -0.2) is 23.6 Å². The van der Waals surface area contributed by atoms with Crippen LogP contribution < -0.4 is 0 Å². The Kier molecular flexibility index (Phi) is 6.06. The van der Waals surface area contributed by atoms with Crippen molar-refractivity contribution in [1.82, 2.24) is 0 Å². The summed E-state index contributed by atoms with van der Waals surface area (Å²) in [7, 11) is 0. The molecule has 0 heterocycles. The predicted octanol–water partition coefficient (Wildman–Crippen LogP) is 4.25. The van der Waals surface area contributed by atoms with Crippen LogP contribution in [0.15, 0.2) is 24.3 Å². The number of halogens is 6. The van der Waals surface area contributed by atoms with Crippen LogP contribution in [0.1, 0.15) is 31.4 Å². The fraction of sp³-hybridized carbons (Fsp3) is 0.571. The lowest BCUT2D eigenvalue weighted by molar-refractivity contribution is -0.399. The Hall–Kier alpha value is -1.32. The van der Waals surface area contributed by atoms with E-state index in [4.69, 9.17) is 4.74 Å². The number of hydrogen-bond donors (Lipinski definition) is 1. The molecule has 0 aliphatic rings. The van der Waals surface area contributed by atoms with E-state index in [2.05, 4.69) is 4.74 Å². The van der Waals surface area contributed by atoms with Crippen molar-refractivity contribution < 1.29 is 40.9 Å². The van der Waals surface area contributed by atoms with Crippen molar-refractivity contribution in [2.24, 2.45) is 0 Å². The number of benzene rings is 1. The van der Waals surface area contributed by atoms with Crippen LogP contribution in [0.3, 0.4) is 0 Å². The molecule has 1 aromatic carbocycles. The van der Waals surface area contributed by atoms with Gasteiger partial charge >= 0.3 is 18.6 Å². The third kappa shape index (κ3) is 5.08. The highest BCUT2D eigenvalue weighted by atomic mass is 19.3. The zero-order chi connectivity index (χ0) is 17.9. The summed E-state index contributed by atoms with van der Waals surface area (Å²) in [6.45, 7) is -1.12. The first kappa shape index (κ1) is 19.7. The third-order valence-electron chi connectivity index (χ3n) is 3.12. The van der Waals surface area contributed by atoms with Crippen LogP contribution in [0.4, 0.5) is 26.3 Å². The van der Waals surface area contributed by atoms with Gasteiger partial charge in [-0.15, -0.1) is 0 Å². The van der Waals surface area contributed by atoms with Gasteiger partial charge < -0.3 is 9.84 Å². The van der Waals surface area contributed by atoms with Crippen LogP contribution in [0, 0.1) is 0 Å². The van der Waals surface area contributed by atoms with Crippen LogP contribution in [0.2, 0.25) is 0 Å². The molecule has 0 aliphatic carbocycles. The van der Waals surface area contributed by atoms with E-state index in [9.17, 15) is 31.4 Å². The Morgan fingerprint density at radius 3 is 2.04 bits per heavy atom. The molecule has 0 fully saturated rings. The summed E-state index contributed by atoms with van der Waals surface area (Å²) in [5.74, 6) is -6.35. The van der Waals surface area contributed by atoms with Gasteiger partial charge in [0.15, 0.2) is 5.79 Å². The van der Waals surface area contributed by atoms with Crippen molar-refractivity contribution in [2.75, 3.05) is 0 Å². The fourth-order valence-corrected chi connectivity index (χ4v) is 1.51. The molecule has 1 atom stereocenters. The molecule has 1 aromatic rings. The van der Waals surface area contributed by atoms with Gasteiger partial charge in [-0.1, -0.05) is 31.2 Å². The number of aliphatic hydroxyl groups is 1. The molecule has 0 radical (unpaired) electrons. The van der Waals surface area contributed by atoms with Crippen molar-refractivity contribution >= 4 is 0 Å². The summed E-state index contributed by atoms with van der Waals surface area (Å²) in [6, 6.07) is 3.44. The van der Waals surface area contributed by atoms with E-state index >= 15 is 0 Å². The molecule has 0 aliphatic heterocycles. The number of alkyl halides is 6. The molecule has 1 rings (SSSR count). The summed E-state index contributed by atoms with van der Waals surface area (Å²) >= 11 is 0. The first-order valence-corrected chi connectivity index (χ1v) is 6.58. The Morgan fingerprint density at radius 1 is 1.09 bits per heavy atom. The minimum absolute atomic E-state index is 0.142. The Bertz CT molecular complexity index is 502. The maximum absolute atomic E-state index is 13.6. The van der Waals surface area contributed by atoms with E-state index in [1.807, 2.05) is 0 Å². The maximum Gasteiger partial charge on any atom is 0.428 e. The molecule has 0 amide bonds. The second kappa shape index (κ2) is 7.06. The molecule has 0 bridgehead atoms. The van der Waals surface area contributed by atoms with Crippen LogP contribution in [-0.2, 0) is 22.0 Å².